The van der Waals surface area contributed by atoms with Crippen LogP contribution in [0, 0.1) is 6.92 Å². The van der Waals surface area contributed by atoms with E-state index in [1.54, 1.807) is 7.11 Å². The van der Waals surface area contributed by atoms with Gasteiger partial charge in [-0.25, -0.2) is 0 Å². The maximum absolute atomic E-state index is 5.61. The number of hydrogen-bond donors (Lipinski definition) is 0. The first-order chi connectivity index (χ1) is 10.3. The second kappa shape index (κ2) is 8.72. The lowest BCUT2D eigenvalue weighted by Gasteiger charge is -2.06. The van der Waals surface area contributed by atoms with Crippen LogP contribution in [0.1, 0.15) is 5.56 Å². The summed E-state index contributed by atoms with van der Waals surface area (Å²) in [5, 5.41) is 1.29. The van der Waals surface area contributed by atoms with E-state index < -0.39 is 0 Å². The molecule has 4 heteroatoms. The summed E-state index contributed by atoms with van der Waals surface area (Å²) < 4.78 is 18.1. The monoisotopic (exact) mass is 290 g/mol. The summed E-state index contributed by atoms with van der Waals surface area (Å²) in [4.78, 5) is 0. The van der Waals surface area contributed by atoms with Crippen LogP contribution in [0.2, 0.25) is 0 Å². The van der Waals surface area contributed by atoms with E-state index in [0.29, 0.717) is 33.0 Å². The average molecular weight is 290 g/mol. The first kappa shape index (κ1) is 15.9. The number of nitrogens with zero attached hydrogens (tertiary/aromatic N) is 1. The number of para-hydroxylation sites is 1. The van der Waals surface area contributed by atoms with Crippen LogP contribution in [-0.4, -0.2) is 40.1 Å². The van der Waals surface area contributed by atoms with E-state index in [1.165, 1.54) is 16.5 Å². The molecule has 0 aliphatic carbocycles. The molecule has 1 aromatic carbocycles. The van der Waals surface area contributed by atoms with Crippen molar-refractivity contribution in [1.29, 1.82) is 0 Å². The molecule has 0 saturated heterocycles. The minimum Gasteiger partial charge on any atom is -0.382 e. The van der Waals surface area contributed by atoms with E-state index in [1.807, 2.05) is 0 Å². The van der Waals surface area contributed by atoms with Crippen LogP contribution in [0.4, 0.5) is 0 Å². The third-order valence-electron chi connectivity index (χ3n) is 3.42. The van der Waals surface area contributed by atoms with Crippen LogP contribution >= 0.6 is 0 Å². The first-order valence-electron chi connectivity index (χ1n) is 7.35. The molecule has 0 aliphatic rings. The van der Waals surface area contributed by atoms with E-state index in [-0.39, 0.29) is 0 Å². The van der Waals surface area contributed by atoms with Crippen molar-refractivity contribution in [3.63, 3.8) is 0 Å². The van der Waals surface area contributed by atoms with Gasteiger partial charge in [0.1, 0.15) is 6.61 Å². The van der Waals surface area contributed by atoms with Crippen molar-refractivity contribution in [3.8, 4) is 0 Å². The average Bonchev–Trinajstić information content (AvgIpc) is 2.52. The van der Waals surface area contributed by atoms with Crippen LogP contribution in [0.25, 0.3) is 10.9 Å². The topological polar surface area (TPSA) is 31.6 Å². The molecule has 0 atom stereocenters. The van der Waals surface area contributed by atoms with Crippen molar-refractivity contribution in [2.45, 2.75) is 13.5 Å². The Morgan fingerprint density at radius 2 is 1.62 bits per heavy atom. The van der Waals surface area contributed by atoms with Gasteiger partial charge in [0.15, 0.2) is 12.7 Å². The number of pyridine rings is 1. The van der Waals surface area contributed by atoms with Gasteiger partial charge in [-0.3, -0.25) is 0 Å². The Hall–Kier alpha value is -1.49. The summed E-state index contributed by atoms with van der Waals surface area (Å²) in [5.74, 6) is 0. The summed E-state index contributed by atoms with van der Waals surface area (Å²) in [6.07, 6.45) is 2.12. The minimum atomic E-state index is 0.614. The molecule has 0 bridgehead atoms. The fraction of sp³-hybridized carbons (Fsp3) is 0.471. The van der Waals surface area contributed by atoms with E-state index in [2.05, 4.69) is 48.0 Å². The Morgan fingerprint density at radius 3 is 2.43 bits per heavy atom. The molecule has 0 saturated carbocycles. The van der Waals surface area contributed by atoms with Crippen molar-refractivity contribution in [1.82, 2.24) is 0 Å². The summed E-state index contributed by atoms with van der Waals surface area (Å²) in [6, 6.07) is 10.6. The Kier molecular flexibility index (Phi) is 6.60. The lowest BCUT2D eigenvalue weighted by molar-refractivity contribution is -0.673. The van der Waals surface area contributed by atoms with Gasteiger partial charge < -0.3 is 14.2 Å². The third-order valence-corrected chi connectivity index (χ3v) is 3.42. The number of benzene rings is 1. The molecule has 1 aromatic heterocycles. The quantitative estimate of drug-likeness (QED) is 0.524. The fourth-order valence-corrected chi connectivity index (χ4v) is 2.25. The molecule has 2 aromatic rings. The third kappa shape index (κ3) is 4.77. The molecule has 2 rings (SSSR count). The molecule has 0 spiro atoms. The van der Waals surface area contributed by atoms with Gasteiger partial charge >= 0.3 is 0 Å². The first-order valence-corrected chi connectivity index (χ1v) is 7.35. The van der Waals surface area contributed by atoms with Gasteiger partial charge in [-0.2, -0.15) is 4.57 Å². The minimum absolute atomic E-state index is 0.614. The van der Waals surface area contributed by atoms with Crippen LogP contribution < -0.4 is 4.57 Å². The summed E-state index contributed by atoms with van der Waals surface area (Å²) in [5.41, 5.74) is 2.55. The van der Waals surface area contributed by atoms with Crippen molar-refractivity contribution in [2.75, 3.05) is 40.1 Å². The van der Waals surface area contributed by atoms with Crippen LogP contribution in [0.15, 0.2) is 36.5 Å². The maximum Gasteiger partial charge on any atom is 0.212 e. The van der Waals surface area contributed by atoms with Gasteiger partial charge in [0.25, 0.3) is 0 Å². The predicted octanol–water partition coefficient (Wildman–Crippen LogP) is 2.12. The van der Waals surface area contributed by atoms with E-state index in [0.717, 1.165) is 6.54 Å². The molecule has 0 fully saturated rings. The Balaban J connectivity index is 1.78. The standard InChI is InChI=1S/C17H24NO3/c1-15-7-8-18(17-6-4-3-5-16(15)17)9-10-20-13-14-21-12-11-19-2/h3-8H,9-14H2,1-2H3/q+1. The van der Waals surface area contributed by atoms with E-state index >= 15 is 0 Å². The molecule has 114 valence electrons. The van der Waals surface area contributed by atoms with Gasteiger partial charge in [0.2, 0.25) is 5.52 Å². The highest BCUT2D eigenvalue weighted by molar-refractivity contribution is 5.78. The Morgan fingerprint density at radius 1 is 0.905 bits per heavy atom. The molecule has 4 nitrogen and oxygen atoms in total. The normalized spacial score (nSPS) is 11.1. The molecule has 0 radical (unpaired) electrons. The number of fused-ring (bicyclic) bond motifs is 1. The van der Waals surface area contributed by atoms with Crippen molar-refractivity contribution in [3.05, 3.63) is 42.1 Å². The number of ether oxygens (including phenoxy) is 3. The van der Waals surface area contributed by atoms with Gasteiger partial charge in [-0.1, -0.05) is 12.1 Å². The zero-order valence-electron chi connectivity index (χ0n) is 12.9. The van der Waals surface area contributed by atoms with Crippen LogP contribution in [0.5, 0.6) is 0 Å². The zero-order chi connectivity index (χ0) is 14.9. The molecule has 0 N–H and O–H groups in total. The van der Waals surface area contributed by atoms with Crippen molar-refractivity contribution < 1.29 is 18.8 Å². The van der Waals surface area contributed by atoms with Gasteiger partial charge in [0, 0.05) is 24.6 Å². The number of aryl methyl sites for hydroxylation is 1. The van der Waals surface area contributed by atoms with Crippen molar-refractivity contribution in [2.24, 2.45) is 0 Å². The number of methoxy groups -OCH3 is 1. The fourth-order valence-electron chi connectivity index (χ4n) is 2.25. The van der Waals surface area contributed by atoms with E-state index in [4.69, 9.17) is 14.2 Å². The van der Waals surface area contributed by atoms with Crippen LogP contribution in [-0.2, 0) is 20.8 Å². The lowest BCUT2D eigenvalue weighted by atomic mass is 10.1. The van der Waals surface area contributed by atoms with Crippen LogP contribution in [0.3, 0.4) is 0 Å². The van der Waals surface area contributed by atoms with E-state index in [9.17, 15) is 0 Å². The zero-order valence-corrected chi connectivity index (χ0v) is 12.9. The molecular weight excluding hydrogens is 266 g/mol. The highest BCUT2D eigenvalue weighted by Gasteiger charge is 2.09. The summed E-state index contributed by atoms with van der Waals surface area (Å²) in [6.45, 7) is 6.16. The SMILES string of the molecule is COCCOCCOCC[n+]1ccc(C)c2ccccc21. The molecular formula is C17H24NO3+. The smallest absolute Gasteiger partial charge is 0.212 e. The Labute approximate surface area is 126 Å². The van der Waals surface area contributed by atoms with Gasteiger partial charge in [-0.05, 0) is 18.6 Å². The second-order valence-electron chi connectivity index (χ2n) is 4.93. The molecule has 0 unspecified atom stereocenters. The second-order valence-corrected chi connectivity index (χ2v) is 4.93. The number of aromatic nitrogens is 1. The maximum atomic E-state index is 5.61. The molecule has 21 heavy (non-hydrogen) atoms. The lowest BCUT2D eigenvalue weighted by Crippen LogP contribution is -2.36. The summed E-state index contributed by atoms with van der Waals surface area (Å²) >= 11 is 0. The predicted molar refractivity (Wildman–Crippen MR) is 82.4 cm³/mol. The molecule has 0 amide bonds. The van der Waals surface area contributed by atoms with Gasteiger partial charge in [-0.15, -0.1) is 0 Å². The van der Waals surface area contributed by atoms with Gasteiger partial charge in [0.05, 0.1) is 26.4 Å². The highest BCUT2D eigenvalue weighted by Crippen LogP contribution is 2.13. The summed E-state index contributed by atoms with van der Waals surface area (Å²) in [7, 11) is 1.67. The number of hydrogen-bond acceptors (Lipinski definition) is 3. The Bertz CT molecular complexity index is 557. The molecule has 0 aliphatic heterocycles. The molecule has 1 heterocycles. The van der Waals surface area contributed by atoms with Crippen molar-refractivity contribution >= 4 is 10.9 Å². The highest BCUT2D eigenvalue weighted by atomic mass is 16.5. The number of rotatable bonds is 9. The largest absolute Gasteiger partial charge is 0.382 e.